The first kappa shape index (κ1) is 10.1. The molecule has 78 valence electrons. The zero-order chi connectivity index (χ0) is 9.97. The Bertz CT molecular complexity index is 285. The second kappa shape index (κ2) is 4.43. The highest BCUT2D eigenvalue weighted by atomic mass is 32.1. The highest BCUT2D eigenvalue weighted by Crippen LogP contribution is 2.30. The van der Waals surface area contributed by atoms with Crippen LogP contribution in [0.15, 0.2) is 6.07 Å². The van der Waals surface area contributed by atoms with E-state index < -0.39 is 0 Å². The molecule has 1 heterocycles. The van der Waals surface area contributed by atoms with Gasteiger partial charge in [-0.15, -0.1) is 11.3 Å². The molecular weight excluding hydrogens is 194 g/mol. The van der Waals surface area contributed by atoms with Crippen molar-refractivity contribution in [3.8, 4) is 0 Å². The van der Waals surface area contributed by atoms with Crippen LogP contribution in [0.4, 0.5) is 0 Å². The Morgan fingerprint density at radius 1 is 1.57 bits per heavy atom. The van der Waals surface area contributed by atoms with Gasteiger partial charge < -0.3 is 10.4 Å². The molecule has 0 spiro atoms. The first-order valence-corrected chi connectivity index (χ1v) is 6.06. The maximum Gasteiger partial charge on any atom is 0.0636 e. The Hall–Kier alpha value is -0.380. The van der Waals surface area contributed by atoms with Crippen molar-refractivity contribution in [2.45, 2.75) is 38.8 Å². The van der Waals surface area contributed by atoms with E-state index in [9.17, 15) is 0 Å². The largest absolute Gasteiger partial charge is 0.392 e. The van der Waals surface area contributed by atoms with Crippen LogP contribution in [-0.2, 0) is 19.4 Å². The van der Waals surface area contributed by atoms with Crippen LogP contribution in [0.5, 0.6) is 0 Å². The maximum absolute atomic E-state index is 9.09. The summed E-state index contributed by atoms with van der Waals surface area (Å²) < 4.78 is 0. The molecule has 1 atom stereocenters. The van der Waals surface area contributed by atoms with Gasteiger partial charge in [-0.1, -0.05) is 0 Å². The minimum absolute atomic E-state index is 0.248. The quantitative estimate of drug-likeness (QED) is 0.794. The van der Waals surface area contributed by atoms with Gasteiger partial charge in [0.2, 0.25) is 0 Å². The van der Waals surface area contributed by atoms with E-state index in [1.807, 2.05) is 11.3 Å². The second-order valence-electron chi connectivity index (χ2n) is 3.99. The van der Waals surface area contributed by atoms with E-state index in [-0.39, 0.29) is 6.10 Å². The lowest BCUT2D eigenvalue weighted by Gasteiger charge is -2.04. The molecule has 2 rings (SSSR count). The first-order valence-electron chi connectivity index (χ1n) is 5.25. The predicted molar refractivity (Wildman–Crippen MR) is 59.7 cm³/mol. The third-order valence-electron chi connectivity index (χ3n) is 2.54. The van der Waals surface area contributed by atoms with Crippen LogP contribution in [0, 0.1) is 0 Å². The number of aliphatic hydroxyl groups is 1. The number of hydrogen-bond acceptors (Lipinski definition) is 3. The third-order valence-corrected chi connectivity index (χ3v) is 3.77. The lowest BCUT2D eigenvalue weighted by atomic mass is 10.2. The van der Waals surface area contributed by atoms with Gasteiger partial charge >= 0.3 is 0 Å². The minimum atomic E-state index is -0.248. The molecule has 0 fully saturated rings. The minimum Gasteiger partial charge on any atom is -0.392 e. The van der Waals surface area contributed by atoms with Crippen molar-refractivity contribution in [1.29, 1.82) is 0 Å². The third kappa shape index (κ3) is 2.35. The van der Waals surface area contributed by atoms with Gasteiger partial charge in [0.25, 0.3) is 0 Å². The van der Waals surface area contributed by atoms with E-state index in [1.54, 1.807) is 17.4 Å². The molecule has 14 heavy (non-hydrogen) atoms. The van der Waals surface area contributed by atoms with Crippen molar-refractivity contribution in [3.05, 3.63) is 21.4 Å². The fraction of sp³-hybridized carbons (Fsp3) is 0.636. The Balaban J connectivity index is 1.85. The van der Waals surface area contributed by atoms with E-state index in [0.717, 1.165) is 6.54 Å². The zero-order valence-corrected chi connectivity index (χ0v) is 9.36. The van der Waals surface area contributed by atoms with Crippen molar-refractivity contribution in [1.82, 2.24) is 5.32 Å². The molecule has 0 radical (unpaired) electrons. The van der Waals surface area contributed by atoms with Crippen LogP contribution >= 0.6 is 11.3 Å². The van der Waals surface area contributed by atoms with Crippen molar-refractivity contribution < 1.29 is 5.11 Å². The summed E-state index contributed by atoms with van der Waals surface area (Å²) in [5, 5.41) is 12.3. The molecule has 0 unspecified atom stereocenters. The number of fused-ring (bicyclic) bond motifs is 1. The molecule has 1 aromatic rings. The second-order valence-corrected chi connectivity index (χ2v) is 5.22. The Kier molecular flexibility index (Phi) is 3.21. The van der Waals surface area contributed by atoms with Crippen LogP contribution in [-0.4, -0.2) is 17.8 Å². The van der Waals surface area contributed by atoms with Gasteiger partial charge in [-0.25, -0.2) is 0 Å². The van der Waals surface area contributed by atoms with Gasteiger partial charge in [0, 0.05) is 22.8 Å². The normalized spacial score (nSPS) is 17.0. The zero-order valence-electron chi connectivity index (χ0n) is 8.55. The van der Waals surface area contributed by atoms with Crippen LogP contribution < -0.4 is 5.32 Å². The number of nitrogens with one attached hydrogen (secondary N) is 1. The molecule has 3 heteroatoms. The van der Waals surface area contributed by atoms with E-state index in [2.05, 4.69) is 11.4 Å². The first-order chi connectivity index (χ1) is 6.75. The number of aliphatic hydroxyl groups excluding tert-OH is 1. The molecule has 0 aromatic carbocycles. The fourth-order valence-electron chi connectivity index (χ4n) is 1.88. The number of aryl methyl sites for hydroxylation is 2. The molecule has 0 saturated carbocycles. The summed E-state index contributed by atoms with van der Waals surface area (Å²) in [6.07, 6.45) is 3.63. The molecule has 0 saturated heterocycles. The molecule has 2 nitrogen and oxygen atoms in total. The lowest BCUT2D eigenvalue weighted by Crippen LogP contribution is -2.23. The van der Waals surface area contributed by atoms with Crippen LogP contribution in [0.25, 0.3) is 0 Å². The van der Waals surface area contributed by atoms with Crippen LogP contribution in [0.2, 0.25) is 0 Å². The van der Waals surface area contributed by atoms with Gasteiger partial charge in [0.05, 0.1) is 6.10 Å². The summed E-state index contributed by atoms with van der Waals surface area (Å²) in [6, 6.07) is 2.32. The van der Waals surface area contributed by atoms with Crippen molar-refractivity contribution in [3.63, 3.8) is 0 Å². The average Bonchev–Trinajstić information content (AvgIpc) is 2.62. The molecule has 2 N–H and O–H groups in total. The monoisotopic (exact) mass is 211 g/mol. The van der Waals surface area contributed by atoms with E-state index in [1.165, 1.54) is 24.1 Å². The van der Waals surface area contributed by atoms with Gasteiger partial charge in [0.15, 0.2) is 0 Å². The molecule has 0 amide bonds. The average molecular weight is 211 g/mol. The van der Waals surface area contributed by atoms with Gasteiger partial charge in [-0.3, -0.25) is 0 Å². The number of hydrogen-bond donors (Lipinski definition) is 2. The molecule has 1 aliphatic carbocycles. The number of thiophene rings is 1. The fourth-order valence-corrected chi connectivity index (χ4v) is 3.11. The Morgan fingerprint density at radius 3 is 3.14 bits per heavy atom. The lowest BCUT2D eigenvalue weighted by molar-refractivity contribution is 0.191. The highest BCUT2D eigenvalue weighted by Gasteiger charge is 2.14. The summed E-state index contributed by atoms with van der Waals surface area (Å²) in [7, 11) is 0. The van der Waals surface area contributed by atoms with Gasteiger partial charge in [0.1, 0.15) is 0 Å². The topological polar surface area (TPSA) is 32.3 Å². The molecule has 1 aliphatic rings. The van der Waals surface area contributed by atoms with E-state index in [0.29, 0.717) is 6.54 Å². The van der Waals surface area contributed by atoms with Crippen molar-refractivity contribution >= 4 is 11.3 Å². The van der Waals surface area contributed by atoms with E-state index in [4.69, 9.17) is 5.11 Å². The summed E-state index contributed by atoms with van der Waals surface area (Å²) >= 11 is 1.93. The Labute approximate surface area is 89.0 Å². The molecule has 1 aromatic heterocycles. The molecule has 0 aliphatic heterocycles. The standard InChI is InChI=1S/C11H17NOS/c1-8(13)6-12-7-10-5-9-3-2-4-11(9)14-10/h5,8,12-13H,2-4,6-7H2,1H3/t8-/m1/s1. The SMILES string of the molecule is C[C@@H](O)CNCc1cc2c(s1)CCC2. The predicted octanol–water partition coefficient (Wildman–Crippen LogP) is 1.71. The van der Waals surface area contributed by atoms with Crippen molar-refractivity contribution in [2.24, 2.45) is 0 Å². The van der Waals surface area contributed by atoms with Crippen LogP contribution in [0.1, 0.15) is 28.7 Å². The summed E-state index contributed by atoms with van der Waals surface area (Å²) in [5.74, 6) is 0. The Morgan fingerprint density at radius 2 is 2.43 bits per heavy atom. The van der Waals surface area contributed by atoms with Gasteiger partial charge in [-0.05, 0) is 37.8 Å². The van der Waals surface area contributed by atoms with Crippen molar-refractivity contribution in [2.75, 3.05) is 6.54 Å². The smallest absolute Gasteiger partial charge is 0.0636 e. The van der Waals surface area contributed by atoms with Gasteiger partial charge in [-0.2, -0.15) is 0 Å². The summed E-state index contributed by atoms with van der Waals surface area (Å²) in [4.78, 5) is 2.99. The van der Waals surface area contributed by atoms with Crippen LogP contribution in [0.3, 0.4) is 0 Å². The summed E-state index contributed by atoms with van der Waals surface area (Å²) in [5.41, 5.74) is 1.56. The van der Waals surface area contributed by atoms with E-state index >= 15 is 0 Å². The molecular formula is C11H17NOS. The number of rotatable bonds is 4. The maximum atomic E-state index is 9.09. The summed E-state index contributed by atoms with van der Waals surface area (Å²) in [6.45, 7) is 3.40. The highest BCUT2D eigenvalue weighted by molar-refractivity contribution is 7.12. The molecule has 0 bridgehead atoms.